The Balaban J connectivity index is 1.60. The maximum atomic E-state index is 12.3. The molecule has 1 aromatic heterocycles. The van der Waals surface area contributed by atoms with E-state index in [1.165, 1.54) is 0 Å². The van der Waals surface area contributed by atoms with Crippen molar-refractivity contribution in [3.05, 3.63) is 64.8 Å². The van der Waals surface area contributed by atoms with Gasteiger partial charge in [0.25, 0.3) is 0 Å². The maximum Gasteiger partial charge on any atom is 0.246 e. The van der Waals surface area contributed by atoms with E-state index in [9.17, 15) is 10.1 Å². The van der Waals surface area contributed by atoms with Crippen LogP contribution in [-0.4, -0.2) is 42.0 Å². The van der Waals surface area contributed by atoms with Crippen molar-refractivity contribution >= 4 is 29.4 Å². The van der Waals surface area contributed by atoms with Gasteiger partial charge in [-0.25, -0.2) is 4.98 Å². The number of halogens is 1. The molecule has 0 spiro atoms. The summed E-state index contributed by atoms with van der Waals surface area (Å²) in [5.74, 6) is 0.660. The molecular formula is C19H17ClN4O. The van der Waals surface area contributed by atoms with Gasteiger partial charge in [-0.05, 0) is 35.9 Å². The number of amides is 1. The third kappa shape index (κ3) is 4.17. The van der Waals surface area contributed by atoms with Crippen molar-refractivity contribution in [2.75, 3.05) is 31.1 Å². The van der Waals surface area contributed by atoms with Gasteiger partial charge in [0.2, 0.25) is 5.91 Å². The summed E-state index contributed by atoms with van der Waals surface area (Å²) in [6, 6.07) is 13.0. The van der Waals surface area contributed by atoms with E-state index in [2.05, 4.69) is 11.1 Å². The van der Waals surface area contributed by atoms with Crippen molar-refractivity contribution in [1.29, 1.82) is 5.26 Å². The van der Waals surface area contributed by atoms with E-state index >= 15 is 0 Å². The fraction of sp³-hybridized carbons (Fsp3) is 0.211. The Hall–Kier alpha value is -2.84. The van der Waals surface area contributed by atoms with Crippen LogP contribution in [0.5, 0.6) is 0 Å². The summed E-state index contributed by atoms with van der Waals surface area (Å²) in [5, 5.41) is 9.83. The molecule has 0 saturated carbocycles. The molecule has 3 rings (SSSR count). The van der Waals surface area contributed by atoms with Crippen LogP contribution in [0.15, 0.2) is 48.7 Å². The third-order valence-electron chi connectivity index (χ3n) is 4.07. The van der Waals surface area contributed by atoms with Gasteiger partial charge < -0.3 is 9.80 Å². The molecule has 126 valence electrons. The van der Waals surface area contributed by atoms with Crippen LogP contribution < -0.4 is 4.90 Å². The molecule has 25 heavy (non-hydrogen) atoms. The second-order valence-electron chi connectivity index (χ2n) is 5.69. The highest BCUT2D eigenvalue weighted by Gasteiger charge is 2.22. The summed E-state index contributed by atoms with van der Waals surface area (Å²) in [5.41, 5.74) is 1.45. The highest BCUT2D eigenvalue weighted by Crippen LogP contribution is 2.18. The van der Waals surface area contributed by atoms with Gasteiger partial charge >= 0.3 is 0 Å². The zero-order valence-electron chi connectivity index (χ0n) is 13.6. The first-order valence-corrected chi connectivity index (χ1v) is 8.38. The van der Waals surface area contributed by atoms with Crippen molar-refractivity contribution in [1.82, 2.24) is 9.88 Å². The van der Waals surface area contributed by atoms with Crippen molar-refractivity contribution in [2.45, 2.75) is 0 Å². The van der Waals surface area contributed by atoms with Crippen molar-refractivity contribution in [2.24, 2.45) is 0 Å². The van der Waals surface area contributed by atoms with E-state index in [1.807, 2.05) is 23.1 Å². The zero-order chi connectivity index (χ0) is 17.6. The summed E-state index contributed by atoms with van der Waals surface area (Å²) in [6.07, 6.45) is 5.03. The first-order valence-electron chi connectivity index (χ1n) is 8.00. The Labute approximate surface area is 151 Å². The second-order valence-corrected chi connectivity index (χ2v) is 6.12. The van der Waals surface area contributed by atoms with Crippen LogP contribution in [-0.2, 0) is 4.79 Å². The normalized spacial score (nSPS) is 14.6. The summed E-state index contributed by atoms with van der Waals surface area (Å²) in [6.45, 7) is 2.51. The summed E-state index contributed by atoms with van der Waals surface area (Å²) in [4.78, 5) is 20.5. The molecule has 0 atom stereocenters. The largest absolute Gasteiger partial charge is 0.352 e. The molecule has 0 N–H and O–H groups in total. The lowest BCUT2D eigenvalue weighted by molar-refractivity contribution is -0.126. The number of nitriles is 1. The van der Waals surface area contributed by atoms with Crippen LogP contribution in [0.1, 0.15) is 11.1 Å². The molecule has 1 fully saturated rings. The van der Waals surface area contributed by atoms with Crippen LogP contribution in [0.25, 0.3) is 6.08 Å². The van der Waals surface area contributed by atoms with E-state index < -0.39 is 0 Å². The predicted octanol–water partition coefficient (Wildman–Crippen LogP) is 2.97. The maximum absolute atomic E-state index is 12.3. The summed E-state index contributed by atoms with van der Waals surface area (Å²) >= 11 is 5.94. The number of hydrogen-bond donors (Lipinski definition) is 0. The second kappa shape index (κ2) is 7.82. The van der Waals surface area contributed by atoms with Gasteiger partial charge in [0, 0.05) is 43.5 Å². The van der Waals surface area contributed by atoms with E-state index in [1.54, 1.807) is 41.4 Å². The van der Waals surface area contributed by atoms with Crippen molar-refractivity contribution in [3.8, 4) is 6.07 Å². The summed E-state index contributed by atoms with van der Waals surface area (Å²) < 4.78 is 0. The number of piperazine rings is 1. The van der Waals surface area contributed by atoms with Gasteiger partial charge in [-0.3, -0.25) is 4.79 Å². The molecule has 1 aliphatic heterocycles. The lowest BCUT2D eigenvalue weighted by Crippen LogP contribution is -2.48. The molecule has 6 heteroatoms. The number of nitrogens with zero attached hydrogens (tertiary/aromatic N) is 4. The number of carbonyl (C=O) groups is 1. The molecule has 2 aromatic rings. The van der Waals surface area contributed by atoms with Crippen molar-refractivity contribution < 1.29 is 4.79 Å². The Morgan fingerprint density at radius 3 is 2.72 bits per heavy atom. The van der Waals surface area contributed by atoms with Crippen LogP contribution >= 0.6 is 11.6 Å². The lowest BCUT2D eigenvalue weighted by Gasteiger charge is -2.35. The SMILES string of the molecule is N#Cc1cccnc1N1CCN(C(=O)/C=C/c2cccc(Cl)c2)CC1. The number of rotatable bonds is 3. The van der Waals surface area contributed by atoms with Crippen LogP contribution in [0.3, 0.4) is 0 Å². The minimum atomic E-state index is -0.0267. The van der Waals surface area contributed by atoms with E-state index in [0.717, 1.165) is 5.56 Å². The van der Waals surface area contributed by atoms with Gasteiger partial charge in [-0.1, -0.05) is 23.7 Å². The number of benzene rings is 1. The molecule has 1 aliphatic rings. The van der Waals surface area contributed by atoms with E-state index in [0.29, 0.717) is 42.6 Å². The number of anilines is 1. The quantitative estimate of drug-likeness (QED) is 0.797. The Morgan fingerprint density at radius 2 is 2.00 bits per heavy atom. The Morgan fingerprint density at radius 1 is 1.20 bits per heavy atom. The molecule has 0 bridgehead atoms. The first kappa shape index (κ1) is 17.0. The number of hydrogen-bond acceptors (Lipinski definition) is 4. The van der Waals surface area contributed by atoms with E-state index in [4.69, 9.17) is 11.6 Å². The number of aromatic nitrogens is 1. The van der Waals surface area contributed by atoms with Crippen LogP contribution in [0.2, 0.25) is 5.02 Å². The highest BCUT2D eigenvalue weighted by molar-refractivity contribution is 6.30. The third-order valence-corrected chi connectivity index (χ3v) is 4.30. The van der Waals surface area contributed by atoms with Crippen LogP contribution in [0.4, 0.5) is 5.82 Å². The number of carbonyl (C=O) groups excluding carboxylic acids is 1. The van der Waals surface area contributed by atoms with Gasteiger partial charge in [0.05, 0.1) is 5.56 Å². The standard InChI is InChI=1S/C19H17ClN4O/c20-17-5-1-3-15(13-17)6-7-18(25)23-9-11-24(12-10-23)19-16(14-21)4-2-8-22-19/h1-8,13H,9-12H2/b7-6+. The minimum absolute atomic E-state index is 0.0267. The molecule has 0 unspecified atom stereocenters. The molecule has 1 saturated heterocycles. The zero-order valence-corrected chi connectivity index (χ0v) is 14.4. The molecule has 1 amide bonds. The average molecular weight is 353 g/mol. The minimum Gasteiger partial charge on any atom is -0.352 e. The topological polar surface area (TPSA) is 60.2 Å². The molecule has 0 radical (unpaired) electrons. The van der Waals surface area contributed by atoms with Crippen molar-refractivity contribution in [3.63, 3.8) is 0 Å². The van der Waals surface area contributed by atoms with Gasteiger partial charge in [-0.15, -0.1) is 0 Å². The van der Waals surface area contributed by atoms with Gasteiger partial charge in [0.15, 0.2) is 0 Å². The monoisotopic (exact) mass is 352 g/mol. The Bertz CT molecular complexity index is 835. The molecule has 5 nitrogen and oxygen atoms in total. The molecule has 1 aromatic carbocycles. The average Bonchev–Trinajstić information content (AvgIpc) is 2.66. The molecule has 2 heterocycles. The molecule has 0 aliphatic carbocycles. The van der Waals surface area contributed by atoms with Crippen LogP contribution in [0, 0.1) is 11.3 Å². The fourth-order valence-electron chi connectivity index (χ4n) is 2.76. The van der Waals surface area contributed by atoms with Gasteiger partial charge in [0.1, 0.15) is 11.9 Å². The smallest absolute Gasteiger partial charge is 0.246 e. The summed E-state index contributed by atoms with van der Waals surface area (Å²) in [7, 11) is 0. The van der Waals surface area contributed by atoms with Gasteiger partial charge in [-0.2, -0.15) is 5.26 Å². The molecular weight excluding hydrogens is 336 g/mol. The first-order chi connectivity index (χ1) is 12.2. The fourth-order valence-corrected chi connectivity index (χ4v) is 2.96. The number of pyridine rings is 1. The highest BCUT2D eigenvalue weighted by atomic mass is 35.5. The lowest BCUT2D eigenvalue weighted by atomic mass is 10.2. The Kier molecular flexibility index (Phi) is 5.32. The van der Waals surface area contributed by atoms with E-state index in [-0.39, 0.29) is 5.91 Å². The predicted molar refractivity (Wildman–Crippen MR) is 98.2 cm³/mol.